The van der Waals surface area contributed by atoms with Crippen LogP contribution in [-0.2, 0) is 78.3 Å². The number of carboxylic acid groups (broad SMARTS) is 3. The van der Waals surface area contributed by atoms with Crippen LogP contribution in [0.4, 0.5) is 0 Å². The van der Waals surface area contributed by atoms with Crippen LogP contribution in [0.25, 0.3) is 0 Å². The number of benzene rings is 1. The summed E-state index contributed by atoms with van der Waals surface area (Å²) in [6.45, 7) is 12.1. The van der Waals surface area contributed by atoms with Gasteiger partial charge in [0.05, 0.1) is 47.6 Å². The van der Waals surface area contributed by atoms with E-state index in [1.807, 2.05) is 27.7 Å². The fourth-order valence-corrected chi connectivity index (χ4v) is 13.1. The normalized spacial score (nSPS) is 19.2. The van der Waals surface area contributed by atoms with Gasteiger partial charge in [0.25, 0.3) is 0 Å². The molecule has 0 saturated carbocycles. The molecule has 8 atom stereocenters. The highest BCUT2D eigenvalue weighted by atomic mass is 33.1. The molecule has 12 amide bonds. The number of guanidine groups is 1. The maximum atomic E-state index is 14.1. The van der Waals surface area contributed by atoms with Crippen LogP contribution in [-0.4, -0.2) is 285 Å². The SMILES string of the molecule is C/C(=N/O)C(C)(C)NCCN(CCNC(=O)CCC(=O)NCCCCC1NC(=O)CSC[C@@H](C(=O)N[C@@H](CCCN=C(N)N)C(=O)NCC(=O)N[C@@H](CC(=O)O)C(=O)N[C@H]2CSSC[C@@H](C(=O)NCC(=O)O)NC(=O)[C@H](Cc3ccccc3)NC2=O)NC(=O)[C@H](CC(=O)O)NC1=O)CCNC(C)(C)/C(C)=N\O. The van der Waals surface area contributed by atoms with Crippen molar-refractivity contribution in [3.8, 4) is 0 Å². The molecule has 596 valence electrons. The first-order valence-electron chi connectivity index (χ1n) is 34.2. The van der Waals surface area contributed by atoms with E-state index in [4.69, 9.17) is 16.6 Å². The summed E-state index contributed by atoms with van der Waals surface area (Å²) < 4.78 is 0. The molecule has 0 aliphatic carbocycles. The van der Waals surface area contributed by atoms with E-state index >= 15 is 0 Å². The molecule has 0 spiro atoms. The summed E-state index contributed by atoms with van der Waals surface area (Å²) in [4.78, 5) is 204. The molecule has 40 nitrogen and oxygen atoms in total. The number of nitrogens with zero attached hydrogens (tertiary/aromatic N) is 4. The van der Waals surface area contributed by atoms with Gasteiger partial charge in [0.1, 0.15) is 54.9 Å². The van der Waals surface area contributed by atoms with Crippen LogP contribution in [0.15, 0.2) is 45.6 Å². The molecule has 2 heterocycles. The number of hydrogen-bond acceptors (Lipinski definition) is 26. The lowest BCUT2D eigenvalue weighted by Crippen LogP contribution is -2.60. The molecule has 0 bridgehead atoms. The number of aliphatic carboxylic acids is 3. The van der Waals surface area contributed by atoms with Crippen molar-refractivity contribution in [2.45, 2.75) is 165 Å². The molecule has 2 fully saturated rings. The molecule has 0 aromatic heterocycles. The average molecular weight is 1570 g/mol. The molecular weight excluding hydrogens is 1470 g/mol. The Morgan fingerprint density at radius 2 is 1.16 bits per heavy atom. The van der Waals surface area contributed by atoms with Gasteiger partial charge in [-0.25, -0.2) is 0 Å². The number of carboxylic acids is 3. The van der Waals surface area contributed by atoms with Crippen molar-refractivity contribution in [1.82, 2.24) is 79.3 Å². The summed E-state index contributed by atoms with van der Waals surface area (Å²) >= 11 is 0.814. The number of amides is 12. The fourth-order valence-electron chi connectivity index (χ4n) is 9.96. The lowest BCUT2D eigenvalue weighted by atomic mass is 9.99. The first-order chi connectivity index (χ1) is 50.5. The van der Waals surface area contributed by atoms with E-state index in [0.29, 0.717) is 49.7 Å². The first-order valence-corrected chi connectivity index (χ1v) is 37.9. The molecule has 1 aromatic carbocycles. The van der Waals surface area contributed by atoms with Gasteiger partial charge in [-0.3, -0.25) is 81.8 Å². The molecule has 107 heavy (non-hydrogen) atoms. The number of nitrogens with two attached hydrogens (primary N) is 2. The zero-order valence-corrected chi connectivity index (χ0v) is 63.0. The lowest BCUT2D eigenvalue weighted by molar-refractivity contribution is -0.141. The van der Waals surface area contributed by atoms with E-state index in [1.165, 1.54) is 0 Å². The Morgan fingerprint density at radius 1 is 0.589 bits per heavy atom. The molecule has 3 rings (SSSR count). The van der Waals surface area contributed by atoms with E-state index in [1.54, 1.807) is 44.2 Å². The van der Waals surface area contributed by atoms with E-state index in [0.717, 1.165) is 33.3 Å². The van der Waals surface area contributed by atoms with E-state index in [2.05, 4.69) is 94.6 Å². The van der Waals surface area contributed by atoms with Crippen molar-refractivity contribution in [2.75, 3.05) is 88.5 Å². The average Bonchev–Trinajstić information content (AvgIpc) is 1.76. The van der Waals surface area contributed by atoms with Crippen LogP contribution in [0.5, 0.6) is 0 Å². The number of carbonyl (C=O) groups is 15. The molecule has 1 aromatic rings. The summed E-state index contributed by atoms with van der Waals surface area (Å²) in [5, 5.41) is 90.1. The van der Waals surface area contributed by atoms with Crippen molar-refractivity contribution in [3.05, 3.63) is 35.9 Å². The monoisotopic (exact) mass is 1570 g/mol. The number of thioether (sulfide) groups is 1. The van der Waals surface area contributed by atoms with Gasteiger partial charge in [-0.1, -0.05) is 62.2 Å². The van der Waals surface area contributed by atoms with Gasteiger partial charge in [0.2, 0.25) is 70.9 Å². The minimum Gasteiger partial charge on any atom is -0.481 e. The predicted octanol–water partition coefficient (Wildman–Crippen LogP) is -5.51. The fraction of sp³-hybridized carbons (Fsp3) is 0.625. The van der Waals surface area contributed by atoms with Gasteiger partial charge in [0, 0.05) is 88.9 Å². The zero-order valence-electron chi connectivity index (χ0n) is 60.5. The van der Waals surface area contributed by atoms with Crippen molar-refractivity contribution in [3.63, 3.8) is 0 Å². The van der Waals surface area contributed by atoms with Crippen LogP contribution in [0.1, 0.15) is 105 Å². The molecule has 1 unspecified atom stereocenters. The Labute approximate surface area is 629 Å². The number of unbranched alkanes of at least 4 members (excludes halogenated alkanes) is 1. The number of carbonyl (C=O) groups excluding carboxylic acids is 12. The Hall–Kier alpha value is -9.59. The van der Waals surface area contributed by atoms with Crippen LogP contribution in [0.2, 0.25) is 0 Å². The first kappa shape index (κ1) is 91.6. The molecule has 0 radical (unpaired) electrons. The molecule has 43 heteroatoms. The Kier molecular flexibility index (Phi) is 41.0. The van der Waals surface area contributed by atoms with Crippen molar-refractivity contribution in [2.24, 2.45) is 26.8 Å². The van der Waals surface area contributed by atoms with Gasteiger partial charge in [0.15, 0.2) is 5.96 Å². The Morgan fingerprint density at radius 3 is 1.75 bits per heavy atom. The number of nitrogens with one attached hydrogen (secondary N) is 14. The van der Waals surface area contributed by atoms with Gasteiger partial charge >= 0.3 is 17.9 Å². The highest BCUT2D eigenvalue weighted by Gasteiger charge is 2.37. The third kappa shape index (κ3) is 36.5. The lowest BCUT2D eigenvalue weighted by Gasteiger charge is -2.30. The van der Waals surface area contributed by atoms with Gasteiger partial charge in [-0.15, -0.1) is 11.8 Å². The smallest absolute Gasteiger partial charge is 0.322 e. The third-order valence-corrected chi connectivity index (χ3v) is 20.1. The molecule has 23 N–H and O–H groups in total. The largest absolute Gasteiger partial charge is 0.481 e. The topological polar surface area (TPSA) is 618 Å². The molecule has 2 aliphatic rings. The van der Waals surface area contributed by atoms with Gasteiger partial charge in [-0.05, 0) is 79.2 Å². The van der Waals surface area contributed by atoms with Crippen molar-refractivity contribution >= 4 is 140 Å². The number of hydrogen-bond donors (Lipinski definition) is 21. The summed E-state index contributed by atoms with van der Waals surface area (Å²) in [6, 6.07) is -4.05. The number of oxime groups is 2. The van der Waals surface area contributed by atoms with Crippen molar-refractivity contribution < 1.29 is 97.7 Å². The van der Waals surface area contributed by atoms with E-state index in [-0.39, 0.29) is 100 Å². The van der Waals surface area contributed by atoms with E-state index in [9.17, 15) is 92.5 Å². The standard InChI is InChI=1S/C64H102N20O20S3/c1-36(82-103)63(3,4)72-22-25-84(26-23-73-64(5,6)37(2)83-104)24-21-68-48(86)18-17-47(85)67-19-11-10-15-40-56(97)78-43(29-52(91)92)59(100)79-44(32-105-35-50(88)74-40)60(101)76-39(16-12-20-69-62(65)66)54(95)70-30-49(87)75-42(28-51(89)90)58(99)81-46-34-107-106-33-45(55(96)71-31-53(93)94)80-57(98)41(77-61(46)102)27-38-13-8-7-9-14-38/h7-9,13-14,39-46,72-73,103-104H,10-12,15-35H2,1-6H3,(H,67,85)(H,68,86)(H,70,95)(H,71,96)(H,74,88)(H,75,87)(H,76,101)(H,77,102)(H,78,97)(H,79,100)(H,80,98)(H,81,99)(H,89,90)(H,91,92)(H,93,94)(H4,65,66,69)/b82-36-,83-37-/t39-,40?,41-,42-,43-,44-,45-,46-/m0/s1. The van der Waals surface area contributed by atoms with E-state index < -0.39 is 174 Å². The Balaban J connectivity index is 1.65. The predicted molar refractivity (Wildman–Crippen MR) is 395 cm³/mol. The zero-order chi connectivity index (χ0) is 79.8. The second-order valence-electron chi connectivity index (χ2n) is 25.9. The molecular formula is C64H102N20O20S3. The van der Waals surface area contributed by atoms with Crippen LogP contribution in [0, 0.1) is 0 Å². The Bertz CT molecular complexity index is 3300. The number of rotatable bonds is 42. The summed E-state index contributed by atoms with van der Waals surface area (Å²) in [6.07, 6.45) is -2.25. The molecule has 2 aliphatic heterocycles. The molecule has 2 saturated heterocycles. The van der Waals surface area contributed by atoms with Crippen LogP contribution >= 0.6 is 33.3 Å². The van der Waals surface area contributed by atoms with Crippen LogP contribution < -0.4 is 85.9 Å². The highest BCUT2D eigenvalue weighted by Crippen LogP contribution is 2.24. The highest BCUT2D eigenvalue weighted by molar-refractivity contribution is 8.76. The van der Waals surface area contributed by atoms with Crippen molar-refractivity contribution in [1.29, 1.82) is 0 Å². The second kappa shape index (κ2) is 47.9. The van der Waals surface area contributed by atoms with Crippen LogP contribution in [0.3, 0.4) is 0 Å². The summed E-state index contributed by atoms with van der Waals surface area (Å²) in [7, 11) is 1.93. The van der Waals surface area contributed by atoms with Gasteiger partial charge in [-0.2, -0.15) is 0 Å². The maximum absolute atomic E-state index is 14.1. The summed E-state index contributed by atoms with van der Waals surface area (Å²) in [5.74, 6) is -16.7. The quantitative estimate of drug-likeness (QED) is 0.00725. The second-order valence-corrected chi connectivity index (χ2v) is 29.4. The summed E-state index contributed by atoms with van der Waals surface area (Å²) in [5.41, 5.74) is 11.3. The van der Waals surface area contributed by atoms with Gasteiger partial charge < -0.3 is 112 Å². The maximum Gasteiger partial charge on any atom is 0.322 e. The third-order valence-electron chi connectivity index (χ3n) is 16.7. The number of aliphatic imine (C=N–C) groups is 1. The minimum absolute atomic E-state index is 0.000656. The minimum atomic E-state index is -1.91.